The molecule has 0 saturated heterocycles. The first-order valence-corrected chi connectivity index (χ1v) is 9.45. The molecule has 0 spiro atoms. The van der Waals surface area contributed by atoms with Crippen LogP contribution in [0.4, 0.5) is 0 Å². The van der Waals surface area contributed by atoms with Crippen molar-refractivity contribution in [2.75, 3.05) is 13.1 Å². The van der Waals surface area contributed by atoms with Crippen LogP contribution >= 0.6 is 11.3 Å². The van der Waals surface area contributed by atoms with Crippen molar-refractivity contribution in [3.63, 3.8) is 0 Å². The van der Waals surface area contributed by atoms with Crippen molar-refractivity contribution in [2.24, 2.45) is 10.7 Å². The molecule has 2 heterocycles. The first-order chi connectivity index (χ1) is 13.1. The van der Waals surface area contributed by atoms with Gasteiger partial charge in [0, 0.05) is 22.7 Å². The zero-order chi connectivity index (χ0) is 19.2. The highest BCUT2D eigenvalue weighted by molar-refractivity contribution is 7.19. The first kappa shape index (κ1) is 18.9. The van der Waals surface area contributed by atoms with Gasteiger partial charge in [0.25, 0.3) is 5.91 Å². The fraction of sp³-hybridized carbons (Fsp3) is 0.263. The number of guanidine groups is 1. The van der Waals surface area contributed by atoms with Gasteiger partial charge < -0.3 is 25.9 Å². The molecule has 1 amide bonds. The number of nitrogens with zero attached hydrogens (tertiary/aromatic N) is 1. The topological polar surface area (TPSA) is 113 Å². The van der Waals surface area contributed by atoms with Gasteiger partial charge in [0.1, 0.15) is 18.4 Å². The monoisotopic (exact) mass is 386 g/mol. The van der Waals surface area contributed by atoms with Crippen LogP contribution in [0.2, 0.25) is 0 Å². The number of carbonyl (C=O) groups is 1. The third-order valence-corrected chi connectivity index (χ3v) is 5.09. The van der Waals surface area contributed by atoms with Gasteiger partial charge in [0.2, 0.25) is 0 Å². The molecule has 5 N–H and O–H groups in total. The SMILES string of the molecule is CCNC(=NCc1ccc(C(N)=O)o1)NCC(O)c1cc2ccccc2s1. The second-order valence-corrected chi connectivity index (χ2v) is 7.02. The van der Waals surface area contributed by atoms with E-state index in [0.717, 1.165) is 15.0 Å². The Kier molecular flexibility index (Phi) is 6.10. The van der Waals surface area contributed by atoms with E-state index < -0.39 is 12.0 Å². The van der Waals surface area contributed by atoms with Crippen LogP contribution in [0.5, 0.6) is 0 Å². The Labute approximate surface area is 160 Å². The number of aliphatic hydroxyl groups excluding tert-OH is 1. The maximum Gasteiger partial charge on any atom is 0.284 e. The zero-order valence-corrected chi connectivity index (χ0v) is 15.8. The van der Waals surface area contributed by atoms with E-state index >= 15 is 0 Å². The number of thiophene rings is 1. The van der Waals surface area contributed by atoms with Crippen LogP contribution in [0.25, 0.3) is 10.1 Å². The lowest BCUT2D eigenvalue weighted by Crippen LogP contribution is -2.39. The van der Waals surface area contributed by atoms with Crippen LogP contribution in [0.1, 0.15) is 34.2 Å². The van der Waals surface area contributed by atoms with Crippen molar-refractivity contribution in [3.8, 4) is 0 Å². The number of primary amides is 1. The normalized spacial score (nSPS) is 12.9. The average Bonchev–Trinajstić information content (AvgIpc) is 3.30. The fourth-order valence-electron chi connectivity index (χ4n) is 2.55. The number of hydrogen-bond donors (Lipinski definition) is 4. The van der Waals surface area contributed by atoms with E-state index in [1.807, 2.05) is 37.3 Å². The molecule has 0 radical (unpaired) electrons. The van der Waals surface area contributed by atoms with Gasteiger partial charge in [-0.15, -0.1) is 11.3 Å². The summed E-state index contributed by atoms with van der Waals surface area (Å²) in [5.41, 5.74) is 5.17. The van der Waals surface area contributed by atoms with Crippen LogP contribution in [0.3, 0.4) is 0 Å². The molecule has 1 unspecified atom stereocenters. The number of fused-ring (bicyclic) bond motifs is 1. The number of furan rings is 1. The van der Waals surface area contributed by atoms with Crippen molar-refractivity contribution in [1.82, 2.24) is 10.6 Å². The highest BCUT2D eigenvalue weighted by Crippen LogP contribution is 2.29. The van der Waals surface area contributed by atoms with Crippen molar-refractivity contribution < 1.29 is 14.3 Å². The van der Waals surface area contributed by atoms with Crippen LogP contribution < -0.4 is 16.4 Å². The largest absolute Gasteiger partial charge is 0.454 e. The molecule has 0 bridgehead atoms. The number of aliphatic hydroxyl groups is 1. The lowest BCUT2D eigenvalue weighted by molar-refractivity contribution is 0.0972. The lowest BCUT2D eigenvalue weighted by Gasteiger charge is -2.14. The van der Waals surface area contributed by atoms with E-state index in [1.165, 1.54) is 6.07 Å². The molecule has 0 fully saturated rings. The molecule has 7 nitrogen and oxygen atoms in total. The van der Waals surface area contributed by atoms with Gasteiger partial charge in [-0.1, -0.05) is 18.2 Å². The Morgan fingerprint density at radius 3 is 2.81 bits per heavy atom. The summed E-state index contributed by atoms with van der Waals surface area (Å²) in [6.45, 7) is 3.21. The summed E-state index contributed by atoms with van der Waals surface area (Å²) in [4.78, 5) is 16.4. The van der Waals surface area contributed by atoms with Crippen molar-refractivity contribution >= 4 is 33.3 Å². The van der Waals surface area contributed by atoms with Gasteiger partial charge in [-0.2, -0.15) is 0 Å². The predicted molar refractivity (Wildman–Crippen MR) is 107 cm³/mol. The molecule has 0 aliphatic carbocycles. The van der Waals surface area contributed by atoms with E-state index in [9.17, 15) is 9.90 Å². The van der Waals surface area contributed by atoms with E-state index in [4.69, 9.17) is 10.2 Å². The van der Waals surface area contributed by atoms with Gasteiger partial charge in [0.05, 0.1) is 0 Å². The molecule has 2 aromatic heterocycles. The first-order valence-electron chi connectivity index (χ1n) is 8.64. The van der Waals surface area contributed by atoms with Crippen LogP contribution in [0, 0.1) is 0 Å². The zero-order valence-electron chi connectivity index (χ0n) is 14.9. The third kappa shape index (κ3) is 4.87. The number of aliphatic imine (C=N–C) groups is 1. The van der Waals surface area contributed by atoms with Gasteiger partial charge in [0.15, 0.2) is 11.7 Å². The molecule has 8 heteroatoms. The Hall–Kier alpha value is -2.84. The van der Waals surface area contributed by atoms with Gasteiger partial charge in [-0.05, 0) is 36.6 Å². The average molecular weight is 386 g/mol. The Bertz CT molecular complexity index is 914. The molecule has 142 valence electrons. The summed E-state index contributed by atoms with van der Waals surface area (Å²) in [6, 6.07) is 13.2. The molecule has 3 rings (SSSR count). The molecule has 0 aliphatic rings. The van der Waals surface area contributed by atoms with E-state index in [0.29, 0.717) is 24.8 Å². The summed E-state index contributed by atoms with van der Waals surface area (Å²) in [5, 5.41) is 17.8. The minimum atomic E-state index is -0.642. The minimum Gasteiger partial charge on any atom is -0.454 e. The van der Waals surface area contributed by atoms with Gasteiger partial charge in [-0.25, -0.2) is 4.99 Å². The number of carbonyl (C=O) groups excluding carboxylic acids is 1. The quantitative estimate of drug-likeness (QED) is 0.368. The van der Waals surface area contributed by atoms with Crippen molar-refractivity contribution in [3.05, 3.63) is 58.9 Å². The number of rotatable bonds is 7. The molecule has 3 aromatic rings. The smallest absolute Gasteiger partial charge is 0.284 e. The number of benzene rings is 1. The molecule has 0 aliphatic heterocycles. The summed E-state index contributed by atoms with van der Waals surface area (Å²) in [5.74, 6) is 0.584. The summed E-state index contributed by atoms with van der Waals surface area (Å²) in [7, 11) is 0. The van der Waals surface area contributed by atoms with Crippen LogP contribution in [-0.2, 0) is 6.54 Å². The maximum absolute atomic E-state index is 11.1. The fourth-order valence-corrected chi connectivity index (χ4v) is 3.61. The molecule has 0 saturated carbocycles. The molecule has 1 aromatic carbocycles. The number of hydrogen-bond acceptors (Lipinski definition) is 5. The van der Waals surface area contributed by atoms with Crippen molar-refractivity contribution in [1.29, 1.82) is 0 Å². The second-order valence-electron chi connectivity index (χ2n) is 5.91. The summed E-state index contributed by atoms with van der Waals surface area (Å²) >= 11 is 1.58. The van der Waals surface area contributed by atoms with Crippen molar-refractivity contribution in [2.45, 2.75) is 19.6 Å². The van der Waals surface area contributed by atoms with E-state index in [1.54, 1.807) is 17.4 Å². The molecule has 27 heavy (non-hydrogen) atoms. The predicted octanol–water partition coefficient (Wildman–Crippen LogP) is 2.38. The van der Waals surface area contributed by atoms with Gasteiger partial charge in [-0.3, -0.25) is 4.79 Å². The highest BCUT2D eigenvalue weighted by Gasteiger charge is 2.12. The molecular weight excluding hydrogens is 364 g/mol. The Balaban J connectivity index is 1.61. The van der Waals surface area contributed by atoms with E-state index in [2.05, 4.69) is 15.6 Å². The lowest BCUT2D eigenvalue weighted by atomic mass is 10.2. The standard InChI is InChI=1S/C19H22N4O3S/c1-2-21-19(22-10-13-7-8-15(26-13)18(20)25)23-11-14(24)17-9-12-5-3-4-6-16(12)27-17/h3-9,14,24H,2,10-11H2,1H3,(H2,20,25)(H2,21,22,23). The van der Waals surface area contributed by atoms with Crippen LogP contribution in [0.15, 0.2) is 51.9 Å². The number of nitrogens with one attached hydrogen (secondary N) is 2. The molecular formula is C19H22N4O3S. The number of nitrogens with two attached hydrogens (primary N) is 1. The van der Waals surface area contributed by atoms with Gasteiger partial charge >= 0.3 is 0 Å². The number of amides is 1. The van der Waals surface area contributed by atoms with Crippen LogP contribution in [-0.4, -0.2) is 30.1 Å². The summed E-state index contributed by atoms with van der Waals surface area (Å²) < 4.78 is 6.47. The second kappa shape index (κ2) is 8.70. The molecule has 1 atom stereocenters. The van der Waals surface area contributed by atoms with E-state index in [-0.39, 0.29) is 12.3 Å². The Morgan fingerprint density at radius 2 is 2.11 bits per heavy atom. The third-order valence-electron chi connectivity index (χ3n) is 3.88. The highest BCUT2D eigenvalue weighted by atomic mass is 32.1. The minimum absolute atomic E-state index is 0.110. The Morgan fingerprint density at radius 1 is 1.30 bits per heavy atom. The summed E-state index contributed by atoms with van der Waals surface area (Å²) in [6.07, 6.45) is -0.642. The maximum atomic E-state index is 11.1.